The van der Waals surface area contributed by atoms with Crippen LogP contribution >= 0.6 is 0 Å². The molecule has 1 aliphatic rings. The number of nitrogens with one attached hydrogen (secondary N) is 3. The van der Waals surface area contributed by atoms with Crippen molar-refractivity contribution >= 4 is 15.9 Å². The largest absolute Gasteiger partial charge is 0.380 e. The van der Waals surface area contributed by atoms with E-state index in [1.165, 1.54) is 19.2 Å². The Morgan fingerprint density at radius 2 is 2.27 bits per heavy atom. The number of amides is 1. The Hall–Kier alpha value is -1.48. The molecule has 0 radical (unpaired) electrons. The molecule has 1 fully saturated rings. The molecule has 2 rings (SSSR count). The predicted molar refractivity (Wildman–Crippen MR) is 82.2 cm³/mol. The normalized spacial score (nSPS) is 19.4. The summed E-state index contributed by atoms with van der Waals surface area (Å²) in [6.45, 7) is 2.93. The molecule has 7 nitrogen and oxygen atoms in total. The number of hydrogen-bond donors (Lipinski definition) is 3. The zero-order valence-electron chi connectivity index (χ0n) is 12.5. The van der Waals surface area contributed by atoms with Gasteiger partial charge in [0.1, 0.15) is 0 Å². The first-order valence-electron chi connectivity index (χ1n) is 7.13. The summed E-state index contributed by atoms with van der Waals surface area (Å²) in [6.07, 6.45) is 0. The van der Waals surface area contributed by atoms with Crippen LogP contribution in [-0.4, -0.2) is 54.2 Å². The third kappa shape index (κ3) is 4.51. The van der Waals surface area contributed by atoms with Gasteiger partial charge in [-0.2, -0.15) is 0 Å². The number of hydrogen-bond acceptors (Lipinski definition) is 5. The van der Waals surface area contributed by atoms with Crippen molar-refractivity contribution in [3.8, 4) is 0 Å². The van der Waals surface area contributed by atoms with Gasteiger partial charge in [-0.1, -0.05) is 6.07 Å². The highest BCUT2D eigenvalue weighted by Crippen LogP contribution is 2.12. The minimum atomic E-state index is -3.65. The monoisotopic (exact) mass is 327 g/mol. The van der Waals surface area contributed by atoms with Crippen molar-refractivity contribution in [1.29, 1.82) is 0 Å². The van der Waals surface area contributed by atoms with Crippen molar-refractivity contribution in [3.63, 3.8) is 0 Å². The summed E-state index contributed by atoms with van der Waals surface area (Å²) in [7, 11) is -2.15. The standard InChI is InChI=1S/C14H21N3O4S/c1-15-14(18)12-3-2-4-13(7-12)22(19,20)17-9-11-8-16-5-6-21-10-11/h2-4,7,11,16-17H,5-6,8-10H2,1H3,(H,15,18). The van der Waals surface area contributed by atoms with Gasteiger partial charge in [0.2, 0.25) is 10.0 Å². The SMILES string of the molecule is CNC(=O)c1cccc(S(=O)(=O)NCC2CNCCOC2)c1. The Morgan fingerprint density at radius 1 is 1.45 bits per heavy atom. The van der Waals surface area contributed by atoms with Crippen LogP contribution in [0.25, 0.3) is 0 Å². The number of carbonyl (C=O) groups excluding carboxylic acids is 1. The van der Waals surface area contributed by atoms with Crippen LogP contribution in [0.4, 0.5) is 0 Å². The van der Waals surface area contributed by atoms with Crippen LogP contribution in [0.2, 0.25) is 0 Å². The summed E-state index contributed by atoms with van der Waals surface area (Å²) in [5.74, 6) is -0.238. The van der Waals surface area contributed by atoms with Gasteiger partial charge in [-0.25, -0.2) is 13.1 Å². The Bertz CT molecular complexity index is 610. The predicted octanol–water partition coefficient (Wildman–Crippen LogP) is -0.439. The van der Waals surface area contributed by atoms with Gasteiger partial charge in [0.25, 0.3) is 5.91 Å². The molecule has 1 unspecified atom stereocenters. The van der Waals surface area contributed by atoms with Gasteiger partial charge < -0.3 is 15.4 Å². The molecule has 1 aromatic rings. The maximum Gasteiger partial charge on any atom is 0.251 e. The van der Waals surface area contributed by atoms with E-state index in [0.717, 1.165) is 6.54 Å². The quantitative estimate of drug-likeness (QED) is 0.681. The van der Waals surface area contributed by atoms with E-state index < -0.39 is 10.0 Å². The average molecular weight is 327 g/mol. The molecular formula is C14H21N3O4S. The van der Waals surface area contributed by atoms with Crippen molar-refractivity contribution in [2.45, 2.75) is 4.90 Å². The van der Waals surface area contributed by atoms with E-state index in [2.05, 4.69) is 15.4 Å². The summed E-state index contributed by atoms with van der Waals surface area (Å²) in [5, 5.41) is 5.66. The molecule has 1 aliphatic heterocycles. The molecular weight excluding hydrogens is 306 g/mol. The first-order chi connectivity index (χ1) is 10.5. The van der Waals surface area contributed by atoms with Gasteiger partial charge in [-0.15, -0.1) is 0 Å². The Labute approximate surface area is 130 Å². The van der Waals surface area contributed by atoms with Crippen molar-refractivity contribution in [1.82, 2.24) is 15.4 Å². The molecule has 122 valence electrons. The lowest BCUT2D eigenvalue weighted by atomic mass is 10.2. The molecule has 0 saturated carbocycles. The van der Waals surface area contributed by atoms with E-state index in [1.807, 2.05) is 0 Å². The smallest absolute Gasteiger partial charge is 0.251 e. The highest BCUT2D eigenvalue weighted by molar-refractivity contribution is 7.89. The zero-order valence-corrected chi connectivity index (χ0v) is 13.3. The third-order valence-corrected chi connectivity index (χ3v) is 4.83. The summed E-state index contributed by atoms with van der Waals surface area (Å²) in [5.41, 5.74) is 0.310. The van der Waals surface area contributed by atoms with E-state index in [1.54, 1.807) is 12.1 Å². The number of ether oxygens (including phenoxy) is 1. The second-order valence-corrected chi connectivity index (χ2v) is 6.87. The van der Waals surface area contributed by atoms with Gasteiger partial charge in [-0.05, 0) is 18.2 Å². The van der Waals surface area contributed by atoms with Crippen LogP contribution in [0.15, 0.2) is 29.2 Å². The summed E-state index contributed by atoms with van der Waals surface area (Å²) < 4.78 is 32.6. The highest BCUT2D eigenvalue weighted by atomic mass is 32.2. The lowest BCUT2D eigenvalue weighted by Crippen LogP contribution is -2.35. The second-order valence-electron chi connectivity index (χ2n) is 5.10. The van der Waals surface area contributed by atoms with Crippen molar-refractivity contribution in [2.24, 2.45) is 5.92 Å². The zero-order chi connectivity index (χ0) is 16.0. The molecule has 8 heteroatoms. The van der Waals surface area contributed by atoms with Gasteiger partial charge >= 0.3 is 0 Å². The molecule has 1 saturated heterocycles. The van der Waals surface area contributed by atoms with Crippen molar-refractivity contribution in [2.75, 3.05) is 39.9 Å². The van der Waals surface area contributed by atoms with Gasteiger partial charge in [0.15, 0.2) is 0 Å². The van der Waals surface area contributed by atoms with E-state index in [9.17, 15) is 13.2 Å². The molecule has 0 aromatic heterocycles. The number of carbonyl (C=O) groups is 1. The molecule has 3 N–H and O–H groups in total. The van der Waals surface area contributed by atoms with E-state index in [-0.39, 0.29) is 16.7 Å². The summed E-state index contributed by atoms with van der Waals surface area (Å²) in [6, 6.07) is 5.95. The minimum absolute atomic E-state index is 0.0797. The molecule has 0 aliphatic carbocycles. The molecule has 22 heavy (non-hydrogen) atoms. The van der Waals surface area contributed by atoms with Crippen LogP contribution in [0, 0.1) is 5.92 Å². The van der Waals surface area contributed by atoms with Crippen LogP contribution in [0.3, 0.4) is 0 Å². The second kappa shape index (κ2) is 7.68. The average Bonchev–Trinajstić information content (AvgIpc) is 2.81. The van der Waals surface area contributed by atoms with Crippen LogP contribution in [0.5, 0.6) is 0 Å². The molecule has 1 atom stereocenters. The van der Waals surface area contributed by atoms with Crippen LogP contribution in [-0.2, 0) is 14.8 Å². The first kappa shape index (κ1) is 16.9. The lowest BCUT2D eigenvalue weighted by Gasteiger charge is -2.15. The number of benzene rings is 1. The fourth-order valence-electron chi connectivity index (χ4n) is 2.15. The minimum Gasteiger partial charge on any atom is -0.380 e. The molecule has 1 amide bonds. The topological polar surface area (TPSA) is 96.5 Å². The molecule has 0 spiro atoms. The lowest BCUT2D eigenvalue weighted by molar-refractivity contribution is 0.0963. The third-order valence-electron chi connectivity index (χ3n) is 3.41. The van der Waals surface area contributed by atoms with Gasteiger partial charge in [0.05, 0.1) is 18.1 Å². The molecule has 0 bridgehead atoms. The highest BCUT2D eigenvalue weighted by Gasteiger charge is 2.19. The van der Waals surface area contributed by atoms with Crippen molar-refractivity contribution < 1.29 is 17.9 Å². The number of rotatable bonds is 5. The summed E-state index contributed by atoms with van der Waals surface area (Å²) in [4.78, 5) is 11.7. The van der Waals surface area contributed by atoms with Gasteiger partial charge in [0, 0.05) is 38.2 Å². The number of sulfonamides is 1. The molecule has 1 aromatic carbocycles. The fraction of sp³-hybridized carbons (Fsp3) is 0.500. The van der Waals surface area contributed by atoms with Crippen molar-refractivity contribution in [3.05, 3.63) is 29.8 Å². The maximum atomic E-state index is 12.3. The van der Waals surface area contributed by atoms with E-state index >= 15 is 0 Å². The Kier molecular flexibility index (Phi) is 5.90. The fourth-order valence-corrected chi connectivity index (χ4v) is 3.31. The van der Waals surface area contributed by atoms with Crippen LogP contribution < -0.4 is 15.4 Å². The van der Waals surface area contributed by atoms with E-state index in [4.69, 9.17) is 4.74 Å². The van der Waals surface area contributed by atoms with E-state index in [0.29, 0.717) is 31.9 Å². The first-order valence-corrected chi connectivity index (χ1v) is 8.61. The Morgan fingerprint density at radius 3 is 3.05 bits per heavy atom. The summed E-state index contributed by atoms with van der Waals surface area (Å²) >= 11 is 0. The van der Waals surface area contributed by atoms with Gasteiger partial charge in [-0.3, -0.25) is 4.79 Å². The maximum absolute atomic E-state index is 12.3. The Balaban J connectivity index is 2.04. The van der Waals surface area contributed by atoms with Crippen LogP contribution in [0.1, 0.15) is 10.4 Å². The molecule has 1 heterocycles.